The van der Waals surface area contributed by atoms with Gasteiger partial charge >= 0.3 is 0 Å². The van der Waals surface area contributed by atoms with Crippen LogP contribution in [0.3, 0.4) is 0 Å². The van der Waals surface area contributed by atoms with Crippen LogP contribution in [0.1, 0.15) is 12.5 Å². The number of nitrogens with one attached hydrogen (secondary N) is 2. The quantitative estimate of drug-likeness (QED) is 0.619. The van der Waals surface area contributed by atoms with Gasteiger partial charge in [-0.1, -0.05) is 12.1 Å². The average molecular weight is 411 g/mol. The third kappa shape index (κ3) is 5.55. The van der Waals surface area contributed by atoms with Crippen LogP contribution < -0.4 is 14.8 Å². The van der Waals surface area contributed by atoms with Crippen LogP contribution >= 0.6 is 0 Å². The van der Waals surface area contributed by atoms with Crippen molar-refractivity contribution in [1.82, 2.24) is 4.98 Å². The summed E-state index contributed by atoms with van der Waals surface area (Å²) < 4.78 is 33.0. The first-order chi connectivity index (χ1) is 13.8. The molecule has 0 radical (unpaired) electrons. The molecular formula is C21H21N3O4S. The van der Waals surface area contributed by atoms with Crippen LogP contribution in [0.25, 0.3) is 0 Å². The number of pyridine rings is 1. The van der Waals surface area contributed by atoms with Crippen molar-refractivity contribution in [2.45, 2.75) is 24.8 Å². The van der Waals surface area contributed by atoms with Gasteiger partial charge in [0, 0.05) is 11.9 Å². The van der Waals surface area contributed by atoms with Gasteiger partial charge in [-0.05, 0) is 67.9 Å². The number of hydrogen-bond acceptors (Lipinski definition) is 5. The van der Waals surface area contributed by atoms with Gasteiger partial charge in [-0.3, -0.25) is 14.5 Å². The lowest BCUT2D eigenvalue weighted by atomic mass is 10.2. The largest absolute Gasteiger partial charge is 0.481 e. The molecule has 1 amide bonds. The smallest absolute Gasteiger partial charge is 0.265 e. The van der Waals surface area contributed by atoms with Gasteiger partial charge in [-0.15, -0.1) is 0 Å². The minimum absolute atomic E-state index is 0.0726. The van der Waals surface area contributed by atoms with Gasteiger partial charge in [0.25, 0.3) is 15.9 Å². The minimum atomic E-state index is -3.75. The fraction of sp³-hybridized carbons (Fsp3) is 0.143. The van der Waals surface area contributed by atoms with Crippen molar-refractivity contribution >= 4 is 27.3 Å². The molecule has 0 aliphatic heterocycles. The monoisotopic (exact) mass is 411 g/mol. The first kappa shape index (κ1) is 20.3. The molecule has 0 saturated carbocycles. The predicted octanol–water partition coefficient (Wildman–Crippen LogP) is 3.60. The number of carbonyl (C=O) groups excluding carboxylic acids is 1. The zero-order chi connectivity index (χ0) is 20.9. The zero-order valence-corrected chi connectivity index (χ0v) is 16.8. The molecule has 1 atom stereocenters. The summed E-state index contributed by atoms with van der Waals surface area (Å²) in [5, 5.41) is 2.72. The van der Waals surface area contributed by atoms with E-state index in [-0.39, 0.29) is 10.8 Å². The van der Waals surface area contributed by atoms with Gasteiger partial charge in [-0.2, -0.15) is 0 Å². The normalized spacial score (nSPS) is 12.1. The summed E-state index contributed by atoms with van der Waals surface area (Å²) >= 11 is 0. The van der Waals surface area contributed by atoms with Crippen molar-refractivity contribution in [3.8, 4) is 5.75 Å². The van der Waals surface area contributed by atoms with Gasteiger partial charge in [0.1, 0.15) is 5.75 Å². The lowest BCUT2D eigenvalue weighted by Gasteiger charge is -2.15. The van der Waals surface area contributed by atoms with Crippen molar-refractivity contribution in [1.29, 1.82) is 0 Å². The molecule has 8 heteroatoms. The molecule has 0 saturated heterocycles. The van der Waals surface area contributed by atoms with E-state index < -0.39 is 16.1 Å². The molecule has 0 unspecified atom stereocenters. The fourth-order valence-electron chi connectivity index (χ4n) is 2.54. The Morgan fingerprint density at radius 3 is 2.45 bits per heavy atom. The topological polar surface area (TPSA) is 97.4 Å². The SMILES string of the molecule is Cc1cccc(O[C@@H](C)C(=O)Nc2ccc(S(=O)(=O)Nc3cccnc3)cc2)c1. The summed E-state index contributed by atoms with van der Waals surface area (Å²) in [5.41, 5.74) is 1.87. The molecule has 0 aliphatic carbocycles. The van der Waals surface area contributed by atoms with E-state index in [1.165, 1.54) is 30.5 Å². The van der Waals surface area contributed by atoms with Crippen molar-refractivity contribution in [2.75, 3.05) is 10.0 Å². The Morgan fingerprint density at radius 1 is 1.03 bits per heavy atom. The van der Waals surface area contributed by atoms with Gasteiger partial charge in [0.2, 0.25) is 0 Å². The summed E-state index contributed by atoms with van der Waals surface area (Å²) in [5.74, 6) is 0.270. The number of nitrogens with zero attached hydrogens (tertiary/aromatic N) is 1. The number of sulfonamides is 1. The average Bonchev–Trinajstić information content (AvgIpc) is 2.69. The number of aryl methyl sites for hydroxylation is 1. The third-order valence-electron chi connectivity index (χ3n) is 4.02. The molecule has 0 spiro atoms. The van der Waals surface area contributed by atoms with Crippen molar-refractivity contribution < 1.29 is 17.9 Å². The van der Waals surface area contributed by atoms with Gasteiger partial charge in [-0.25, -0.2) is 8.42 Å². The summed E-state index contributed by atoms with van der Waals surface area (Å²) in [6.07, 6.45) is 2.26. The molecule has 0 bridgehead atoms. The molecule has 3 aromatic rings. The maximum Gasteiger partial charge on any atom is 0.265 e. The maximum atomic E-state index is 12.4. The Labute approximate surface area is 169 Å². The molecule has 2 N–H and O–H groups in total. The summed E-state index contributed by atoms with van der Waals surface area (Å²) in [7, 11) is -3.75. The zero-order valence-electron chi connectivity index (χ0n) is 16.0. The van der Waals surface area contributed by atoms with E-state index in [0.29, 0.717) is 17.1 Å². The second kappa shape index (κ2) is 8.74. The molecule has 7 nitrogen and oxygen atoms in total. The lowest BCUT2D eigenvalue weighted by Crippen LogP contribution is -2.30. The van der Waals surface area contributed by atoms with Crippen LogP contribution in [0.2, 0.25) is 0 Å². The number of rotatable bonds is 7. The Hall–Kier alpha value is -3.39. The third-order valence-corrected chi connectivity index (χ3v) is 5.41. The molecule has 29 heavy (non-hydrogen) atoms. The number of benzene rings is 2. The van der Waals surface area contributed by atoms with Gasteiger partial charge < -0.3 is 10.1 Å². The maximum absolute atomic E-state index is 12.4. The highest BCUT2D eigenvalue weighted by Gasteiger charge is 2.17. The van der Waals surface area contributed by atoms with Crippen molar-refractivity contribution in [3.63, 3.8) is 0 Å². The summed E-state index contributed by atoms with van der Waals surface area (Å²) in [6, 6.07) is 16.5. The van der Waals surface area contributed by atoms with Crippen LogP contribution in [0.5, 0.6) is 5.75 Å². The van der Waals surface area contributed by atoms with Crippen LogP contribution in [0, 0.1) is 6.92 Å². The van der Waals surface area contributed by atoms with E-state index in [1.54, 1.807) is 31.3 Å². The molecule has 3 rings (SSSR count). The number of aromatic nitrogens is 1. The second-order valence-electron chi connectivity index (χ2n) is 6.44. The first-order valence-corrected chi connectivity index (χ1v) is 10.4. The highest BCUT2D eigenvalue weighted by Crippen LogP contribution is 2.19. The van der Waals surface area contributed by atoms with E-state index >= 15 is 0 Å². The van der Waals surface area contributed by atoms with Crippen LogP contribution in [0.15, 0.2) is 78.0 Å². The van der Waals surface area contributed by atoms with Gasteiger partial charge in [0.05, 0.1) is 16.8 Å². The van der Waals surface area contributed by atoms with Crippen LogP contribution in [-0.2, 0) is 14.8 Å². The molecule has 0 aliphatic rings. The number of hydrogen-bond donors (Lipinski definition) is 2. The predicted molar refractivity (Wildman–Crippen MR) is 111 cm³/mol. The fourth-order valence-corrected chi connectivity index (χ4v) is 3.59. The van der Waals surface area contributed by atoms with E-state index in [2.05, 4.69) is 15.0 Å². The second-order valence-corrected chi connectivity index (χ2v) is 8.12. The Bertz CT molecular complexity index is 1080. The van der Waals surface area contributed by atoms with Crippen LogP contribution in [-0.4, -0.2) is 25.4 Å². The minimum Gasteiger partial charge on any atom is -0.481 e. The van der Waals surface area contributed by atoms with Crippen LogP contribution in [0.4, 0.5) is 11.4 Å². The number of carbonyl (C=O) groups is 1. The molecule has 0 fully saturated rings. The Balaban J connectivity index is 1.63. The van der Waals surface area contributed by atoms with E-state index in [4.69, 9.17) is 4.74 Å². The van der Waals surface area contributed by atoms with Crippen molar-refractivity contribution in [3.05, 3.63) is 78.6 Å². The summed E-state index contributed by atoms with van der Waals surface area (Å²) in [6.45, 7) is 3.59. The molecule has 1 aromatic heterocycles. The number of amides is 1. The molecule has 2 aromatic carbocycles. The molecule has 150 valence electrons. The number of anilines is 2. The first-order valence-electron chi connectivity index (χ1n) is 8.90. The van der Waals surface area contributed by atoms with Crippen molar-refractivity contribution in [2.24, 2.45) is 0 Å². The number of ether oxygens (including phenoxy) is 1. The molecule has 1 heterocycles. The Kier molecular flexibility index (Phi) is 6.13. The van der Waals surface area contributed by atoms with Gasteiger partial charge in [0.15, 0.2) is 6.10 Å². The highest BCUT2D eigenvalue weighted by molar-refractivity contribution is 7.92. The molecular weight excluding hydrogens is 390 g/mol. The lowest BCUT2D eigenvalue weighted by molar-refractivity contribution is -0.122. The van der Waals surface area contributed by atoms with E-state index in [1.807, 2.05) is 25.1 Å². The van der Waals surface area contributed by atoms with E-state index in [0.717, 1.165) is 5.56 Å². The Morgan fingerprint density at radius 2 is 1.79 bits per heavy atom. The summed E-state index contributed by atoms with van der Waals surface area (Å²) in [4.78, 5) is 16.3. The standard InChI is InChI=1S/C21H21N3O4S/c1-15-5-3-7-19(13-15)28-16(2)21(25)23-17-8-10-20(11-9-17)29(26,27)24-18-6-4-12-22-14-18/h3-14,16,24H,1-2H3,(H,23,25)/t16-/m0/s1. The van der Waals surface area contributed by atoms with E-state index in [9.17, 15) is 13.2 Å². The highest BCUT2D eigenvalue weighted by atomic mass is 32.2.